The van der Waals surface area contributed by atoms with Gasteiger partial charge in [-0.1, -0.05) is 88.4 Å². The molecule has 2 saturated carbocycles. The molecule has 128 heavy (non-hydrogen) atoms. The second kappa shape index (κ2) is 37.3. The zero-order chi connectivity index (χ0) is 90.5. The molecule has 26 nitrogen and oxygen atoms in total. The maximum Gasteiger partial charge on any atom is 0.338 e. The molecule has 3 N–H and O–H groups in total. The van der Waals surface area contributed by atoms with E-state index >= 15 is 4.79 Å². The molecule has 2 spiro atoms. The number of benzene rings is 5. The molecular weight excluding hydrogens is 1630 g/mol. The largest absolute Gasteiger partial charge is 0.497 e. The van der Waals surface area contributed by atoms with Crippen LogP contribution >= 0.6 is 0 Å². The Balaban J connectivity index is 0.000000195. The van der Waals surface area contributed by atoms with Crippen LogP contribution in [0.15, 0.2) is 139 Å². The van der Waals surface area contributed by atoms with Crippen molar-refractivity contribution in [3.05, 3.63) is 198 Å². The highest BCUT2D eigenvalue weighted by atomic mass is 16.6. The third-order valence-electron chi connectivity index (χ3n) is 27.3. The van der Waals surface area contributed by atoms with Crippen LogP contribution in [0.3, 0.4) is 0 Å². The summed E-state index contributed by atoms with van der Waals surface area (Å²) in [6.45, 7) is 13.2. The van der Waals surface area contributed by atoms with E-state index in [-0.39, 0.29) is 47.9 Å². The fourth-order valence-corrected chi connectivity index (χ4v) is 23.0. The highest BCUT2D eigenvalue weighted by Gasteiger charge is 2.80. The molecule has 1 aromatic heterocycles. The van der Waals surface area contributed by atoms with Gasteiger partial charge < -0.3 is 58.2 Å². The number of aromatic nitrogens is 1. The van der Waals surface area contributed by atoms with Crippen LogP contribution in [0.25, 0.3) is 10.9 Å². The van der Waals surface area contributed by atoms with Crippen LogP contribution in [0.2, 0.25) is 0 Å². The van der Waals surface area contributed by atoms with Gasteiger partial charge in [0, 0.05) is 164 Å². The number of terminal acetylenes is 2. The molecule has 26 heteroatoms. The number of non-ortho nitro benzene ring substituents is 2. The number of hydrogen-bond acceptors (Lipinski definition) is 23. The Morgan fingerprint density at radius 1 is 0.586 bits per heavy atom. The van der Waals surface area contributed by atoms with E-state index in [4.69, 9.17) is 46.0 Å². The third-order valence-corrected chi connectivity index (χ3v) is 27.3. The van der Waals surface area contributed by atoms with Crippen molar-refractivity contribution in [2.75, 3.05) is 104 Å². The number of ether oxygens (including phenoxy) is 7. The number of carbonyl (C=O) groups excluding carboxylic acids is 5. The molecule has 15 atom stereocenters. The van der Waals surface area contributed by atoms with E-state index in [9.17, 15) is 49.6 Å². The van der Waals surface area contributed by atoms with Gasteiger partial charge in [0.2, 0.25) is 0 Å². The molecule has 9 heterocycles. The maximum absolute atomic E-state index is 15.5. The number of aliphatic hydroxyl groups is 2. The minimum absolute atomic E-state index is 0. The number of hydrogen-bond donors (Lipinski definition) is 3. The second-order valence-corrected chi connectivity index (χ2v) is 33.4. The molecule has 6 aromatic rings. The number of H-pyrrole nitrogens is 1. The highest BCUT2D eigenvalue weighted by molar-refractivity contribution is 5.95. The molecule has 656 valence electrons. The van der Waals surface area contributed by atoms with Crippen molar-refractivity contribution in [2.24, 2.45) is 16.7 Å². The van der Waals surface area contributed by atoms with Crippen LogP contribution < -0.4 is 19.3 Å². The van der Waals surface area contributed by atoms with E-state index in [1.807, 2.05) is 68.1 Å². The summed E-state index contributed by atoms with van der Waals surface area (Å²) in [5.41, 5.74) is -0.158. The number of esters is 5. The fourth-order valence-electron chi connectivity index (χ4n) is 23.0. The van der Waals surface area contributed by atoms with Crippen molar-refractivity contribution in [1.82, 2.24) is 19.7 Å². The van der Waals surface area contributed by atoms with Crippen molar-refractivity contribution in [3.63, 3.8) is 0 Å². The second-order valence-electron chi connectivity index (χ2n) is 33.4. The number of nitro groups is 2. The maximum atomic E-state index is 15.5. The Kier molecular flexibility index (Phi) is 26.7. The van der Waals surface area contributed by atoms with E-state index in [0.717, 1.165) is 90.2 Å². The lowest BCUT2D eigenvalue weighted by Gasteiger charge is -2.64. The molecule has 10 aliphatic rings. The first-order chi connectivity index (χ1) is 61.1. The topological polar surface area (TPSA) is 309 Å². The number of fused-ring (bicyclic) bond motifs is 7. The van der Waals surface area contributed by atoms with Crippen LogP contribution in [0, 0.1) is 145 Å². The van der Waals surface area contributed by atoms with E-state index < -0.39 is 115 Å². The van der Waals surface area contributed by atoms with Crippen LogP contribution in [0.1, 0.15) is 129 Å². The molecule has 16 rings (SSSR count). The normalized spacial score (nSPS) is 27.7. The van der Waals surface area contributed by atoms with Crippen molar-refractivity contribution >= 4 is 63.5 Å². The first kappa shape index (κ1) is 91.7. The standard InChI is InChI=1S/C52H59N5O10.C31H35N3O8.C18H2.CH4/c1-7-32-24-33-27-51(48(60)65-6,43-37(18-22-55(28-32)29-33)36-12-9-10-13-40(36)53-43)39-25-38-41(26-42(39)64-5)54(4)46-50(38)20-23-56-21-11-19-49(8-2,45(50)56)47(67-31(3)58)52(46,61)30-66-44(59)34-14-16-35(17-15-34)57(62)63;1-5-29-13-6-15-33-16-14-30(26(29)33)23-12-11-22(40-4)17-24(23)32(3)27(30)31(37,28(29)42-19(2)35)18-41-25(36)20-7-9-21(10-8-20)34(38)39;1-3-5-7-9-11-13-15-17-18-16-14-12-10-8-6-4-2;/h9-17,19,24-26,33,45-47,53,61H,7-8,18,20-23,27-30H2,1-6H3;6-13,17,26-28,37H,5,14-16,18H2,1-4H3;1-2H;1H4/t33-,45?,46+,47+,49+,50+,51-,52-;26?,27-,28-,29-,30-,31+;;/m01../s1. The van der Waals surface area contributed by atoms with Gasteiger partial charge in [0.05, 0.1) is 54.4 Å². The number of para-hydroxylation sites is 1. The zero-order valence-corrected chi connectivity index (χ0v) is 72.3. The number of nitrogens with zero attached hydrogens (tertiary/aromatic N) is 7. The number of anilines is 2. The molecule has 5 aromatic carbocycles. The molecule has 0 radical (unpaired) electrons. The summed E-state index contributed by atoms with van der Waals surface area (Å²) in [6.07, 6.45) is 22.6. The highest BCUT2D eigenvalue weighted by Crippen LogP contribution is 2.70. The van der Waals surface area contributed by atoms with Gasteiger partial charge in [-0.05, 0) is 218 Å². The predicted octanol–water partition coefficient (Wildman–Crippen LogP) is 10.5. The van der Waals surface area contributed by atoms with Gasteiger partial charge in [-0.2, -0.15) is 0 Å². The Labute approximate surface area is 745 Å². The number of likely N-dealkylation sites (N-methyl/N-ethyl adjacent to an activating group) is 2. The smallest absolute Gasteiger partial charge is 0.338 e. The molecule has 0 amide bonds. The summed E-state index contributed by atoms with van der Waals surface area (Å²) >= 11 is 0. The van der Waals surface area contributed by atoms with Crippen LogP contribution in [-0.4, -0.2) is 212 Å². The molecule has 4 fully saturated rings. The quantitative estimate of drug-likeness (QED) is 0.0191. The van der Waals surface area contributed by atoms with Crippen molar-refractivity contribution in [1.29, 1.82) is 0 Å². The van der Waals surface area contributed by atoms with Crippen LogP contribution in [-0.2, 0) is 60.7 Å². The Bertz CT molecular complexity index is 6080. The lowest BCUT2D eigenvalue weighted by atomic mass is 9.47. The zero-order valence-electron chi connectivity index (χ0n) is 72.3. The van der Waals surface area contributed by atoms with E-state index in [1.54, 1.807) is 14.2 Å². The summed E-state index contributed by atoms with van der Waals surface area (Å²) in [5.74, 6) is 36.3. The minimum Gasteiger partial charge on any atom is -0.497 e. The van der Waals surface area contributed by atoms with E-state index in [2.05, 4.69) is 176 Å². The summed E-state index contributed by atoms with van der Waals surface area (Å²) in [4.78, 5) is 105. The average Bonchev–Trinajstić information content (AvgIpc) is 1.05. The van der Waals surface area contributed by atoms with Crippen LogP contribution in [0.5, 0.6) is 11.5 Å². The predicted molar refractivity (Wildman–Crippen MR) is 482 cm³/mol. The lowest BCUT2D eigenvalue weighted by molar-refractivity contribution is -0.385. The number of methoxy groups -OCH3 is 3. The van der Waals surface area contributed by atoms with Gasteiger partial charge in [0.25, 0.3) is 11.4 Å². The van der Waals surface area contributed by atoms with Crippen molar-refractivity contribution < 1.29 is 77.2 Å². The van der Waals surface area contributed by atoms with Crippen LogP contribution in [0.4, 0.5) is 22.7 Å². The van der Waals surface area contributed by atoms with Gasteiger partial charge >= 0.3 is 29.8 Å². The Morgan fingerprint density at radius 2 is 1.06 bits per heavy atom. The van der Waals surface area contributed by atoms with Crippen molar-refractivity contribution in [3.8, 4) is 119 Å². The van der Waals surface area contributed by atoms with E-state index in [0.29, 0.717) is 62.3 Å². The third kappa shape index (κ3) is 15.7. The van der Waals surface area contributed by atoms with Gasteiger partial charge in [0.1, 0.15) is 42.3 Å². The van der Waals surface area contributed by atoms with Crippen molar-refractivity contribution in [2.45, 2.75) is 151 Å². The minimum atomic E-state index is -2.02. The number of rotatable bonds is 17. The van der Waals surface area contributed by atoms with Gasteiger partial charge in [-0.3, -0.25) is 49.3 Å². The SMILES string of the molecule is C.C#CC#CC#CC#CC#CC#CC#CC#CC#C.CCC1=C[C@@H]2CN(CCc3c([nH]c4ccccc34)[C@@](C(=O)OC)(c3cc4c(cc3OC)N(C)[C@H]3[C@@](O)(COC(=O)c5ccc([N+](=O)[O-])cc5)[C@H](OC(C)=O)[C@]5(CC)C=CCN6CC[C@]43C65)C2)C1.CC[C@]12C=CCN3CC[C@@]4(c5ccc(OC)cc5N(C)[C@H]4[C@@](O)(COC(=O)c4ccc([N+](=O)[O-])cc4)[C@@H]1OC(C)=O)C32. The average molecular weight is 1730 g/mol. The van der Waals surface area contributed by atoms with Gasteiger partial charge in [0.15, 0.2) is 11.2 Å². The molecule has 2 aliphatic carbocycles. The fraction of sp³-hybridized carbons (Fsp3) is 0.402. The van der Waals surface area contributed by atoms with Gasteiger partial charge in [-0.25, -0.2) is 9.59 Å². The molecule has 3 unspecified atom stereocenters. The van der Waals surface area contributed by atoms with E-state index in [1.165, 1.54) is 75.1 Å². The first-order valence-electron chi connectivity index (χ1n) is 42.0. The number of carbonyl (C=O) groups is 5. The molecule has 2 bridgehead atoms. The Morgan fingerprint density at radius 3 is 1.51 bits per heavy atom. The summed E-state index contributed by atoms with van der Waals surface area (Å²) in [7, 11) is 8.50. The summed E-state index contributed by atoms with van der Waals surface area (Å²) < 4.78 is 42.3. The number of nitro benzene ring substituents is 2. The molecular formula is C102H100N8O18. The number of aromatic amines is 1. The summed E-state index contributed by atoms with van der Waals surface area (Å²) in [6, 6.07) is 26.7. The van der Waals surface area contributed by atoms with Gasteiger partial charge in [-0.15, -0.1) is 12.8 Å². The monoisotopic (exact) mass is 1720 g/mol. The molecule has 2 saturated heterocycles. The number of nitrogens with one attached hydrogen (secondary N) is 1. The Hall–Kier alpha value is -14.0. The summed E-state index contributed by atoms with van der Waals surface area (Å²) in [5, 5.41) is 50.4. The molecule has 8 aliphatic heterocycles. The first-order valence-corrected chi connectivity index (χ1v) is 42.0. The lowest BCUT2D eigenvalue weighted by Crippen LogP contribution is -2.80.